The molecule has 0 aliphatic carbocycles. The van der Waals surface area contributed by atoms with Gasteiger partial charge < -0.3 is 11.1 Å². The number of halogens is 2. The van der Waals surface area contributed by atoms with E-state index in [1.54, 1.807) is 23.1 Å². The van der Waals surface area contributed by atoms with Crippen molar-refractivity contribution < 1.29 is 8.78 Å². The number of nitrogens with zero attached hydrogens (tertiary/aromatic N) is 2. The highest BCUT2D eigenvalue weighted by molar-refractivity contribution is 5.54. The van der Waals surface area contributed by atoms with Gasteiger partial charge in [-0.2, -0.15) is 5.10 Å². The van der Waals surface area contributed by atoms with Gasteiger partial charge in [0, 0.05) is 24.1 Å². The summed E-state index contributed by atoms with van der Waals surface area (Å²) in [7, 11) is 0. The third-order valence-corrected chi connectivity index (χ3v) is 2.48. The first-order chi connectivity index (χ1) is 8.56. The Labute approximate surface area is 103 Å². The quantitative estimate of drug-likeness (QED) is 0.820. The predicted octanol–water partition coefficient (Wildman–Crippen LogP) is 2.24. The van der Waals surface area contributed by atoms with E-state index in [0.29, 0.717) is 6.54 Å². The first-order valence-electron chi connectivity index (χ1n) is 5.54. The molecule has 1 heterocycles. The van der Waals surface area contributed by atoms with Crippen LogP contribution >= 0.6 is 0 Å². The lowest BCUT2D eigenvalue weighted by Crippen LogP contribution is -2.23. The fraction of sp³-hybridized carbons (Fsp3) is 0.250. The summed E-state index contributed by atoms with van der Waals surface area (Å²) in [6.07, 6.45) is 3.44. The predicted molar refractivity (Wildman–Crippen MR) is 66.1 cm³/mol. The molecule has 1 atom stereocenters. The molecule has 0 spiro atoms. The van der Waals surface area contributed by atoms with Crippen LogP contribution in [-0.4, -0.2) is 15.8 Å². The molecular formula is C12H14F2N4. The number of hydrogen-bond acceptors (Lipinski definition) is 3. The van der Waals surface area contributed by atoms with E-state index < -0.39 is 11.6 Å². The molecule has 6 heteroatoms. The van der Waals surface area contributed by atoms with Gasteiger partial charge in [-0.15, -0.1) is 0 Å². The number of nitrogen functional groups attached to an aromatic ring is 1. The van der Waals surface area contributed by atoms with E-state index in [-0.39, 0.29) is 17.4 Å². The summed E-state index contributed by atoms with van der Waals surface area (Å²) >= 11 is 0. The van der Waals surface area contributed by atoms with Crippen molar-refractivity contribution in [3.05, 3.63) is 42.2 Å². The van der Waals surface area contributed by atoms with Gasteiger partial charge in [0.2, 0.25) is 0 Å². The second-order valence-corrected chi connectivity index (χ2v) is 4.13. The van der Waals surface area contributed by atoms with E-state index in [9.17, 15) is 8.78 Å². The second-order valence-electron chi connectivity index (χ2n) is 4.13. The van der Waals surface area contributed by atoms with Crippen LogP contribution in [0.25, 0.3) is 0 Å². The summed E-state index contributed by atoms with van der Waals surface area (Å²) in [5.41, 5.74) is 5.25. The van der Waals surface area contributed by atoms with Crippen LogP contribution in [0.4, 0.5) is 20.2 Å². The highest BCUT2D eigenvalue weighted by Crippen LogP contribution is 2.22. The summed E-state index contributed by atoms with van der Waals surface area (Å²) in [5.74, 6) is -1.39. The molecule has 96 valence electrons. The summed E-state index contributed by atoms with van der Waals surface area (Å²) in [5, 5.41) is 6.80. The van der Waals surface area contributed by atoms with Gasteiger partial charge in [0.1, 0.15) is 5.69 Å². The second kappa shape index (κ2) is 5.03. The Morgan fingerprint density at radius 3 is 2.61 bits per heavy atom. The average molecular weight is 252 g/mol. The van der Waals surface area contributed by atoms with Crippen molar-refractivity contribution in [3.63, 3.8) is 0 Å². The lowest BCUT2D eigenvalue weighted by atomic mass is 10.2. The molecule has 4 nitrogen and oxygen atoms in total. The van der Waals surface area contributed by atoms with E-state index in [1.807, 2.05) is 6.92 Å². The third kappa shape index (κ3) is 2.77. The lowest BCUT2D eigenvalue weighted by Gasteiger charge is -2.16. The molecule has 2 aromatic rings. The van der Waals surface area contributed by atoms with Crippen LogP contribution < -0.4 is 11.1 Å². The Kier molecular flexibility index (Phi) is 3.45. The van der Waals surface area contributed by atoms with Crippen LogP contribution in [0, 0.1) is 11.6 Å². The van der Waals surface area contributed by atoms with Crippen molar-refractivity contribution in [2.75, 3.05) is 11.1 Å². The molecule has 0 aliphatic heterocycles. The maximum Gasteiger partial charge on any atom is 0.151 e. The molecule has 1 aromatic carbocycles. The normalized spacial score (nSPS) is 12.4. The zero-order valence-electron chi connectivity index (χ0n) is 9.90. The standard InChI is InChI=1S/C12H14F2N4/c1-8(7-18-4-2-3-16-18)17-12-10(13)5-9(15)6-11(12)14/h2-6,8,17H,7,15H2,1H3. The molecule has 1 aromatic heterocycles. The van der Waals surface area contributed by atoms with Gasteiger partial charge in [-0.1, -0.05) is 0 Å². The molecule has 0 aliphatic rings. The van der Waals surface area contributed by atoms with Gasteiger partial charge in [-0.05, 0) is 25.1 Å². The van der Waals surface area contributed by atoms with Crippen molar-refractivity contribution in [2.24, 2.45) is 0 Å². The topological polar surface area (TPSA) is 55.9 Å². The minimum atomic E-state index is -0.695. The van der Waals surface area contributed by atoms with Crippen LogP contribution in [0.5, 0.6) is 0 Å². The first kappa shape index (κ1) is 12.3. The molecule has 0 bridgehead atoms. The van der Waals surface area contributed by atoms with Gasteiger partial charge in [0.25, 0.3) is 0 Å². The Bertz CT molecular complexity index is 502. The van der Waals surface area contributed by atoms with Crippen LogP contribution in [0.3, 0.4) is 0 Å². The fourth-order valence-corrected chi connectivity index (χ4v) is 1.71. The van der Waals surface area contributed by atoms with Crippen molar-refractivity contribution in [2.45, 2.75) is 19.5 Å². The summed E-state index contributed by atoms with van der Waals surface area (Å²) in [6.45, 7) is 2.33. The number of rotatable bonds is 4. The number of nitrogens with two attached hydrogens (primary N) is 1. The highest BCUT2D eigenvalue weighted by atomic mass is 19.1. The van der Waals surface area contributed by atoms with Crippen LogP contribution in [0.2, 0.25) is 0 Å². The van der Waals surface area contributed by atoms with Gasteiger partial charge in [-0.3, -0.25) is 4.68 Å². The van der Waals surface area contributed by atoms with E-state index in [4.69, 9.17) is 5.73 Å². The minimum Gasteiger partial charge on any atom is -0.399 e. The van der Waals surface area contributed by atoms with E-state index in [0.717, 1.165) is 12.1 Å². The summed E-state index contributed by atoms with van der Waals surface area (Å²) in [6, 6.07) is 3.80. The molecule has 18 heavy (non-hydrogen) atoms. The minimum absolute atomic E-state index is 0.0651. The van der Waals surface area contributed by atoms with Crippen molar-refractivity contribution in [3.8, 4) is 0 Å². The van der Waals surface area contributed by atoms with Gasteiger partial charge in [0.05, 0.1) is 6.54 Å². The zero-order chi connectivity index (χ0) is 13.1. The van der Waals surface area contributed by atoms with Crippen molar-refractivity contribution in [1.82, 2.24) is 9.78 Å². The average Bonchev–Trinajstić information content (AvgIpc) is 2.76. The molecule has 2 rings (SSSR count). The number of nitrogens with one attached hydrogen (secondary N) is 1. The molecular weight excluding hydrogens is 238 g/mol. The van der Waals surface area contributed by atoms with E-state index >= 15 is 0 Å². The molecule has 0 amide bonds. The Balaban J connectivity index is 2.09. The number of benzene rings is 1. The highest BCUT2D eigenvalue weighted by Gasteiger charge is 2.13. The largest absolute Gasteiger partial charge is 0.399 e. The van der Waals surface area contributed by atoms with Crippen molar-refractivity contribution >= 4 is 11.4 Å². The Morgan fingerprint density at radius 1 is 1.39 bits per heavy atom. The maximum absolute atomic E-state index is 13.5. The fourth-order valence-electron chi connectivity index (χ4n) is 1.71. The number of aromatic nitrogens is 2. The zero-order valence-corrected chi connectivity index (χ0v) is 9.90. The van der Waals surface area contributed by atoms with E-state index in [1.165, 1.54) is 0 Å². The van der Waals surface area contributed by atoms with Gasteiger partial charge >= 0.3 is 0 Å². The van der Waals surface area contributed by atoms with Gasteiger partial charge in [-0.25, -0.2) is 8.78 Å². The number of anilines is 2. The van der Waals surface area contributed by atoms with E-state index in [2.05, 4.69) is 10.4 Å². The molecule has 3 N–H and O–H groups in total. The molecule has 0 fully saturated rings. The first-order valence-corrected chi connectivity index (χ1v) is 5.54. The van der Waals surface area contributed by atoms with Gasteiger partial charge in [0.15, 0.2) is 11.6 Å². The lowest BCUT2D eigenvalue weighted by molar-refractivity contribution is 0.544. The van der Waals surface area contributed by atoms with Crippen LogP contribution in [0.15, 0.2) is 30.6 Å². The van der Waals surface area contributed by atoms with Crippen LogP contribution in [-0.2, 0) is 6.54 Å². The van der Waals surface area contributed by atoms with Crippen LogP contribution in [0.1, 0.15) is 6.92 Å². The third-order valence-electron chi connectivity index (χ3n) is 2.48. The number of hydrogen-bond donors (Lipinski definition) is 2. The molecule has 0 saturated carbocycles. The molecule has 0 saturated heterocycles. The smallest absolute Gasteiger partial charge is 0.151 e. The SMILES string of the molecule is CC(Cn1cccn1)Nc1c(F)cc(N)cc1F. The molecule has 1 unspecified atom stereocenters. The Morgan fingerprint density at radius 2 is 2.06 bits per heavy atom. The van der Waals surface area contributed by atoms with Crippen molar-refractivity contribution in [1.29, 1.82) is 0 Å². The summed E-state index contributed by atoms with van der Waals surface area (Å²) in [4.78, 5) is 0. The summed E-state index contributed by atoms with van der Waals surface area (Å²) < 4.78 is 28.8. The molecule has 0 radical (unpaired) electrons. The monoisotopic (exact) mass is 252 g/mol. The maximum atomic E-state index is 13.5. The Hall–Kier alpha value is -2.11.